The molecule has 0 saturated heterocycles. The average Bonchev–Trinajstić information content (AvgIpc) is 2.84. The Morgan fingerprint density at radius 3 is 2.69 bits per heavy atom. The third-order valence-electron chi connectivity index (χ3n) is 4.48. The maximum absolute atomic E-state index is 11.8. The molecule has 1 saturated carbocycles. The Hall–Kier alpha value is -0.790. The summed E-state index contributed by atoms with van der Waals surface area (Å²) in [6.07, 6.45) is 12.6. The van der Waals surface area contributed by atoms with Crippen molar-refractivity contribution in [2.24, 2.45) is 23.0 Å². The first-order valence-corrected chi connectivity index (χ1v) is 6.67. The van der Waals surface area contributed by atoms with Crippen molar-refractivity contribution in [3.63, 3.8) is 0 Å². The summed E-state index contributed by atoms with van der Waals surface area (Å²) in [5.74, 6) is 1.01. The molecule has 2 bridgehead atoms. The molecule has 2 rings (SSSR count). The molecule has 0 aromatic heterocycles. The van der Waals surface area contributed by atoms with Gasteiger partial charge in [0.25, 0.3) is 0 Å². The summed E-state index contributed by atoms with van der Waals surface area (Å²) in [5.41, 5.74) is 5.47. The standard InChI is InChI=1S/C14H23NO/c1-2-3-4-5-8-14(13(15)16)10-11-6-7-12(14)9-11/h6-7,11-12H,2-5,8-10H2,1H3,(H2,15,16)/t11-,12-,14+/m0/s1. The molecule has 0 aromatic rings. The first-order chi connectivity index (χ1) is 7.69. The Labute approximate surface area is 98.3 Å². The van der Waals surface area contributed by atoms with Crippen molar-refractivity contribution in [2.45, 2.75) is 51.9 Å². The fraction of sp³-hybridized carbons (Fsp3) is 0.786. The summed E-state index contributed by atoms with van der Waals surface area (Å²) >= 11 is 0. The zero-order valence-electron chi connectivity index (χ0n) is 10.2. The SMILES string of the molecule is CCCCCC[C@@]1(C(N)=O)C[C@H]2C=C[C@H]1C2. The monoisotopic (exact) mass is 221 g/mol. The molecule has 0 spiro atoms. The van der Waals surface area contributed by atoms with Gasteiger partial charge in [-0.1, -0.05) is 44.8 Å². The molecule has 2 nitrogen and oxygen atoms in total. The number of amides is 1. The van der Waals surface area contributed by atoms with Crippen molar-refractivity contribution < 1.29 is 4.79 Å². The number of allylic oxidation sites excluding steroid dienone is 2. The van der Waals surface area contributed by atoms with E-state index in [1.54, 1.807) is 0 Å². The highest BCUT2D eigenvalue weighted by molar-refractivity contribution is 5.82. The Morgan fingerprint density at radius 2 is 2.19 bits per heavy atom. The van der Waals surface area contributed by atoms with Crippen LogP contribution in [0.3, 0.4) is 0 Å². The van der Waals surface area contributed by atoms with E-state index in [1.807, 2.05) is 0 Å². The van der Waals surface area contributed by atoms with Gasteiger partial charge in [-0.3, -0.25) is 4.79 Å². The van der Waals surface area contributed by atoms with Crippen molar-refractivity contribution in [3.05, 3.63) is 12.2 Å². The Bertz CT molecular complexity index is 297. The highest BCUT2D eigenvalue weighted by Crippen LogP contribution is 2.54. The molecule has 0 heterocycles. The van der Waals surface area contributed by atoms with Gasteiger partial charge in [0, 0.05) is 0 Å². The summed E-state index contributed by atoms with van der Waals surface area (Å²) in [7, 11) is 0. The van der Waals surface area contributed by atoms with Crippen LogP contribution in [0, 0.1) is 17.3 Å². The number of nitrogens with two attached hydrogens (primary N) is 1. The first-order valence-electron chi connectivity index (χ1n) is 6.67. The Balaban J connectivity index is 1.96. The van der Waals surface area contributed by atoms with Gasteiger partial charge in [-0.05, 0) is 31.1 Å². The summed E-state index contributed by atoms with van der Waals surface area (Å²) in [6, 6.07) is 0. The van der Waals surface area contributed by atoms with Crippen LogP contribution in [0.1, 0.15) is 51.9 Å². The second-order valence-corrected chi connectivity index (χ2v) is 5.52. The number of primary amides is 1. The summed E-state index contributed by atoms with van der Waals surface area (Å²) in [5, 5.41) is 0. The third kappa shape index (κ3) is 1.90. The minimum absolute atomic E-state index is 0.0548. The quantitative estimate of drug-likeness (QED) is 0.543. The summed E-state index contributed by atoms with van der Waals surface area (Å²) in [6.45, 7) is 2.21. The lowest BCUT2D eigenvalue weighted by Gasteiger charge is -2.32. The molecule has 0 aromatic carbocycles. The van der Waals surface area contributed by atoms with Crippen molar-refractivity contribution in [1.29, 1.82) is 0 Å². The van der Waals surface area contributed by atoms with Crippen molar-refractivity contribution in [3.8, 4) is 0 Å². The van der Waals surface area contributed by atoms with E-state index < -0.39 is 0 Å². The molecule has 3 atom stereocenters. The van der Waals surface area contributed by atoms with Gasteiger partial charge in [0.2, 0.25) is 5.91 Å². The largest absolute Gasteiger partial charge is 0.369 e. The fourth-order valence-electron chi connectivity index (χ4n) is 3.52. The lowest BCUT2D eigenvalue weighted by atomic mass is 9.71. The molecule has 90 valence electrons. The number of rotatable bonds is 6. The summed E-state index contributed by atoms with van der Waals surface area (Å²) in [4.78, 5) is 11.8. The van der Waals surface area contributed by atoms with Crippen LogP contribution in [0.2, 0.25) is 0 Å². The molecule has 2 N–H and O–H groups in total. The van der Waals surface area contributed by atoms with Crippen molar-refractivity contribution in [1.82, 2.24) is 0 Å². The van der Waals surface area contributed by atoms with Crippen molar-refractivity contribution >= 4 is 5.91 Å². The molecule has 1 fully saturated rings. The van der Waals surface area contributed by atoms with E-state index in [0.717, 1.165) is 25.7 Å². The van der Waals surface area contributed by atoms with Crippen LogP contribution in [0.4, 0.5) is 0 Å². The van der Waals surface area contributed by atoms with E-state index in [4.69, 9.17) is 5.73 Å². The normalized spacial score (nSPS) is 35.8. The summed E-state index contributed by atoms with van der Waals surface area (Å²) < 4.78 is 0. The molecule has 2 aliphatic carbocycles. The molecule has 2 heteroatoms. The van der Waals surface area contributed by atoms with E-state index >= 15 is 0 Å². The van der Waals surface area contributed by atoms with Crippen LogP contribution in [-0.2, 0) is 4.79 Å². The van der Waals surface area contributed by atoms with E-state index in [-0.39, 0.29) is 11.3 Å². The number of unbranched alkanes of at least 4 members (excludes halogenated alkanes) is 3. The maximum Gasteiger partial charge on any atom is 0.224 e. The van der Waals surface area contributed by atoms with Crippen LogP contribution in [0.25, 0.3) is 0 Å². The van der Waals surface area contributed by atoms with E-state index in [9.17, 15) is 4.79 Å². The van der Waals surface area contributed by atoms with Crippen LogP contribution >= 0.6 is 0 Å². The van der Waals surface area contributed by atoms with Gasteiger partial charge in [0.1, 0.15) is 0 Å². The van der Waals surface area contributed by atoms with Gasteiger partial charge in [-0.2, -0.15) is 0 Å². The van der Waals surface area contributed by atoms with E-state index in [2.05, 4.69) is 19.1 Å². The van der Waals surface area contributed by atoms with Gasteiger partial charge >= 0.3 is 0 Å². The Kier molecular flexibility index (Phi) is 3.36. The highest BCUT2D eigenvalue weighted by Gasteiger charge is 2.51. The molecule has 0 aliphatic heterocycles. The molecule has 1 amide bonds. The zero-order valence-corrected chi connectivity index (χ0v) is 10.2. The van der Waals surface area contributed by atoms with Gasteiger partial charge in [-0.15, -0.1) is 0 Å². The minimum atomic E-state index is -0.187. The predicted octanol–water partition coefficient (Wildman–Crippen LogP) is 3.02. The number of carbonyl (C=O) groups excluding carboxylic acids is 1. The first kappa shape index (κ1) is 11.7. The van der Waals surface area contributed by atoms with Gasteiger partial charge in [0.15, 0.2) is 0 Å². The van der Waals surface area contributed by atoms with Crippen LogP contribution < -0.4 is 5.73 Å². The smallest absolute Gasteiger partial charge is 0.224 e. The molecule has 0 unspecified atom stereocenters. The maximum atomic E-state index is 11.8. The topological polar surface area (TPSA) is 43.1 Å². The highest BCUT2D eigenvalue weighted by atomic mass is 16.1. The van der Waals surface area contributed by atoms with Crippen LogP contribution in [-0.4, -0.2) is 5.91 Å². The average molecular weight is 221 g/mol. The number of fused-ring (bicyclic) bond motifs is 2. The Morgan fingerprint density at radius 1 is 1.38 bits per heavy atom. The van der Waals surface area contributed by atoms with E-state index in [1.165, 1.54) is 19.3 Å². The van der Waals surface area contributed by atoms with Gasteiger partial charge in [-0.25, -0.2) is 0 Å². The molecule has 0 radical (unpaired) electrons. The van der Waals surface area contributed by atoms with Crippen LogP contribution in [0.5, 0.6) is 0 Å². The van der Waals surface area contributed by atoms with E-state index in [0.29, 0.717) is 11.8 Å². The van der Waals surface area contributed by atoms with Gasteiger partial charge in [0.05, 0.1) is 5.41 Å². The lowest BCUT2D eigenvalue weighted by molar-refractivity contribution is -0.129. The van der Waals surface area contributed by atoms with Crippen molar-refractivity contribution in [2.75, 3.05) is 0 Å². The number of carbonyl (C=O) groups is 1. The van der Waals surface area contributed by atoms with Crippen LogP contribution in [0.15, 0.2) is 12.2 Å². The molecule has 16 heavy (non-hydrogen) atoms. The minimum Gasteiger partial charge on any atom is -0.369 e. The lowest BCUT2D eigenvalue weighted by Crippen LogP contribution is -2.40. The molecular weight excluding hydrogens is 198 g/mol. The predicted molar refractivity (Wildman–Crippen MR) is 65.7 cm³/mol. The fourth-order valence-corrected chi connectivity index (χ4v) is 3.52. The van der Waals surface area contributed by atoms with Gasteiger partial charge < -0.3 is 5.73 Å². The molecular formula is C14H23NO. The second-order valence-electron chi connectivity index (χ2n) is 5.52. The third-order valence-corrected chi connectivity index (χ3v) is 4.48. The second kappa shape index (κ2) is 4.60. The molecule has 2 aliphatic rings. The number of hydrogen-bond acceptors (Lipinski definition) is 1. The zero-order chi connectivity index (χ0) is 11.6. The number of hydrogen-bond donors (Lipinski definition) is 1.